The molecule has 0 fully saturated rings. The number of nitrogens with one attached hydrogen (secondary N) is 2. The Morgan fingerprint density at radius 1 is 0.812 bits per heavy atom. The summed E-state index contributed by atoms with van der Waals surface area (Å²) in [5.74, 6) is -1.56. The summed E-state index contributed by atoms with van der Waals surface area (Å²) >= 11 is 3.38. The van der Waals surface area contributed by atoms with Crippen LogP contribution >= 0.6 is 15.9 Å². The zero-order chi connectivity index (χ0) is 22.9. The van der Waals surface area contributed by atoms with Gasteiger partial charge in [0, 0.05) is 10.0 Å². The highest BCUT2D eigenvalue weighted by Crippen LogP contribution is 2.17. The SMILES string of the molecule is CC(NC(=O)COC(=O)C(NC(=O)c1ccccc1)c1ccccc1)c1ccc(Br)cc1. The molecule has 2 unspecified atom stereocenters. The van der Waals surface area contributed by atoms with E-state index in [1.807, 2.05) is 37.3 Å². The molecule has 6 nitrogen and oxygen atoms in total. The summed E-state index contributed by atoms with van der Waals surface area (Å²) in [5, 5.41) is 5.49. The summed E-state index contributed by atoms with van der Waals surface area (Å²) < 4.78 is 6.18. The van der Waals surface area contributed by atoms with Gasteiger partial charge in [0.1, 0.15) is 0 Å². The molecule has 3 rings (SSSR count). The van der Waals surface area contributed by atoms with Crippen LogP contribution in [0.4, 0.5) is 0 Å². The fourth-order valence-corrected chi connectivity index (χ4v) is 3.33. The Bertz CT molecular complexity index is 1060. The summed E-state index contributed by atoms with van der Waals surface area (Å²) in [7, 11) is 0. The van der Waals surface area contributed by atoms with Gasteiger partial charge in [-0.15, -0.1) is 0 Å². The second-order valence-corrected chi connectivity index (χ2v) is 8.05. The van der Waals surface area contributed by atoms with Crippen molar-refractivity contribution in [3.05, 3.63) is 106 Å². The molecule has 164 valence electrons. The Hall–Kier alpha value is -3.45. The van der Waals surface area contributed by atoms with Crippen LogP contribution in [0.5, 0.6) is 0 Å². The van der Waals surface area contributed by atoms with Gasteiger partial charge in [-0.3, -0.25) is 9.59 Å². The molecule has 2 atom stereocenters. The smallest absolute Gasteiger partial charge is 0.333 e. The first kappa shape index (κ1) is 23.2. The average Bonchev–Trinajstić information content (AvgIpc) is 2.82. The summed E-state index contributed by atoms with van der Waals surface area (Å²) in [4.78, 5) is 37.7. The van der Waals surface area contributed by atoms with Crippen LogP contribution in [0, 0.1) is 0 Å². The first-order valence-corrected chi connectivity index (χ1v) is 10.9. The number of rotatable bonds is 8. The van der Waals surface area contributed by atoms with Crippen LogP contribution in [-0.4, -0.2) is 24.4 Å². The van der Waals surface area contributed by atoms with E-state index in [1.54, 1.807) is 54.6 Å². The summed E-state index contributed by atoms with van der Waals surface area (Å²) in [6.07, 6.45) is 0. The van der Waals surface area contributed by atoms with Crippen LogP contribution < -0.4 is 10.6 Å². The lowest BCUT2D eigenvalue weighted by Gasteiger charge is -2.19. The van der Waals surface area contributed by atoms with Gasteiger partial charge in [-0.05, 0) is 42.3 Å². The van der Waals surface area contributed by atoms with Crippen LogP contribution in [-0.2, 0) is 14.3 Å². The van der Waals surface area contributed by atoms with E-state index in [-0.39, 0.29) is 6.04 Å². The van der Waals surface area contributed by atoms with E-state index in [9.17, 15) is 14.4 Å². The monoisotopic (exact) mass is 494 g/mol. The Balaban J connectivity index is 1.62. The van der Waals surface area contributed by atoms with Crippen molar-refractivity contribution in [1.82, 2.24) is 10.6 Å². The van der Waals surface area contributed by atoms with Crippen LogP contribution in [0.2, 0.25) is 0 Å². The Morgan fingerprint density at radius 2 is 1.41 bits per heavy atom. The molecule has 2 amide bonds. The maximum atomic E-state index is 12.8. The average molecular weight is 495 g/mol. The third kappa shape index (κ3) is 6.52. The van der Waals surface area contributed by atoms with Gasteiger partial charge in [-0.1, -0.05) is 76.6 Å². The lowest BCUT2D eigenvalue weighted by Crippen LogP contribution is -2.37. The number of hydrogen-bond donors (Lipinski definition) is 2. The number of carbonyl (C=O) groups excluding carboxylic acids is 3. The second kappa shape index (κ2) is 11.2. The van der Waals surface area contributed by atoms with Crippen molar-refractivity contribution < 1.29 is 19.1 Å². The lowest BCUT2D eigenvalue weighted by atomic mass is 10.1. The number of ether oxygens (including phenoxy) is 1. The fourth-order valence-electron chi connectivity index (χ4n) is 3.07. The van der Waals surface area contributed by atoms with E-state index in [1.165, 1.54) is 0 Å². The maximum absolute atomic E-state index is 12.8. The Labute approximate surface area is 195 Å². The minimum atomic E-state index is -1.04. The van der Waals surface area contributed by atoms with Gasteiger partial charge in [0.15, 0.2) is 12.6 Å². The minimum absolute atomic E-state index is 0.253. The van der Waals surface area contributed by atoms with E-state index >= 15 is 0 Å². The Kier molecular flexibility index (Phi) is 8.16. The van der Waals surface area contributed by atoms with E-state index < -0.39 is 30.4 Å². The molecule has 0 aliphatic heterocycles. The number of halogens is 1. The van der Waals surface area contributed by atoms with Crippen molar-refractivity contribution in [2.45, 2.75) is 19.0 Å². The largest absolute Gasteiger partial charge is 0.454 e. The highest BCUT2D eigenvalue weighted by atomic mass is 79.9. The quantitative estimate of drug-likeness (QED) is 0.456. The van der Waals surface area contributed by atoms with Crippen molar-refractivity contribution >= 4 is 33.7 Å². The molecule has 2 N–H and O–H groups in total. The molecule has 0 aliphatic carbocycles. The predicted octanol–water partition coefficient (Wildman–Crippen LogP) is 4.34. The third-order valence-electron chi connectivity index (χ3n) is 4.77. The second-order valence-electron chi connectivity index (χ2n) is 7.13. The van der Waals surface area contributed by atoms with Gasteiger partial charge >= 0.3 is 5.97 Å². The standard InChI is InChI=1S/C25H23BrN2O4/c1-17(18-12-14-21(26)15-13-18)27-22(29)16-32-25(31)23(19-8-4-2-5-9-19)28-24(30)20-10-6-3-7-11-20/h2-15,17,23H,16H2,1H3,(H,27,29)(H,28,30). The minimum Gasteiger partial charge on any atom is -0.454 e. The molecule has 0 aromatic heterocycles. The fraction of sp³-hybridized carbons (Fsp3) is 0.160. The van der Waals surface area contributed by atoms with Gasteiger partial charge in [-0.25, -0.2) is 4.79 Å². The van der Waals surface area contributed by atoms with Crippen molar-refractivity contribution in [2.75, 3.05) is 6.61 Å². The molecule has 0 saturated carbocycles. The molecule has 32 heavy (non-hydrogen) atoms. The normalized spacial score (nSPS) is 12.3. The van der Waals surface area contributed by atoms with Crippen LogP contribution in [0.15, 0.2) is 89.4 Å². The highest BCUT2D eigenvalue weighted by molar-refractivity contribution is 9.10. The van der Waals surface area contributed by atoms with Gasteiger partial charge in [-0.2, -0.15) is 0 Å². The van der Waals surface area contributed by atoms with Crippen LogP contribution in [0.3, 0.4) is 0 Å². The predicted molar refractivity (Wildman–Crippen MR) is 125 cm³/mol. The number of amides is 2. The molecular weight excluding hydrogens is 472 g/mol. The van der Waals surface area contributed by atoms with Gasteiger partial charge < -0.3 is 15.4 Å². The van der Waals surface area contributed by atoms with Crippen molar-refractivity contribution in [1.29, 1.82) is 0 Å². The molecular formula is C25H23BrN2O4. The zero-order valence-corrected chi connectivity index (χ0v) is 19.0. The maximum Gasteiger partial charge on any atom is 0.333 e. The number of esters is 1. The van der Waals surface area contributed by atoms with Gasteiger partial charge in [0.05, 0.1) is 6.04 Å². The van der Waals surface area contributed by atoms with E-state index in [0.717, 1.165) is 10.0 Å². The van der Waals surface area contributed by atoms with Crippen LogP contribution in [0.1, 0.15) is 40.5 Å². The Morgan fingerprint density at radius 3 is 2.03 bits per heavy atom. The van der Waals surface area contributed by atoms with Crippen LogP contribution in [0.25, 0.3) is 0 Å². The van der Waals surface area contributed by atoms with E-state index in [0.29, 0.717) is 11.1 Å². The van der Waals surface area contributed by atoms with E-state index in [4.69, 9.17) is 4.74 Å². The summed E-state index contributed by atoms with van der Waals surface area (Å²) in [6.45, 7) is 1.39. The van der Waals surface area contributed by atoms with Crippen molar-refractivity contribution in [3.63, 3.8) is 0 Å². The molecule has 7 heteroatoms. The summed E-state index contributed by atoms with van der Waals surface area (Å²) in [6, 6.07) is 23.6. The zero-order valence-electron chi connectivity index (χ0n) is 17.5. The number of benzene rings is 3. The molecule has 0 saturated heterocycles. The number of hydrogen-bond acceptors (Lipinski definition) is 4. The molecule has 0 aliphatic rings. The molecule has 0 spiro atoms. The first-order valence-electron chi connectivity index (χ1n) is 10.1. The van der Waals surface area contributed by atoms with Crippen molar-refractivity contribution in [2.24, 2.45) is 0 Å². The first-order chi connectivity index (χ1) is 15.4. The van der Waals surface area contributed by atoms with Crippen molar-refractivity contribution in [3.8, 4) is 0 Å². The molecule has 3 aromatic carbocycles. The topological polar surface area (TPSA) is 84.5 Å². The van der Waals surface area contributed by atoms with Gasteiger partial charge in [0.25, 0.3) is 11.8 Å². The highest BCUT2D eigenvalue weighted by Gasteiger charge is 2.25. The van der Waals surface area contributed by atoms with E-state index in [2.05, 4.69) is 26.6 Å². The molecule has 0 heterocycles. The molecule has 0 radical (unpaired) electrons. The number of carbonyl (C=O) groups is 3. The summed E-state index contributed by atoms with van der Waals surface area (Å²) in [5.41, 5.74) is 1.90. The third-order valence-corrected chi connectivity index (χ3v) is 5.30. The molecule has 3 aromatic rings. The lowest BCUT2D eigenvalue weighted by molar-refractivity contribution is -0.150. The molecule has 0 bridgehead atoms. The van der Waals surface area contributed by atoms with Gasteiger partial charge in [0.2, 0.25) is 0 Å².